The first-order chi connectivity index (χ1) is 9.48. The molecule has 3 heteroatoms. The average Bonchev–Trinajstić information content (AvgIpc) is 2.80. The van der Waals surface area contributed by atoms with Crippen LogP contribution in [0.15, 0.2) is 59.1 Å². The maximum absolute atomic E-state index is 10.5. The van der Waals surface area contributed by atoms with Crippen molar-refractivity contribution in [1.29, 1.82) is 0 Å². The molecule has 3 aromatic rings. The predicted octanol–water partition coefficient (Wildman–Crippen LogP) is 4.62. The van der Waals surface area contributed by atoms with Crippen molar-refractivity contribution in [2.75, 3.05) is 0 Å². The molecule has 0 amide bonds. The minimum Gasteiger partial charge on any atom is -0.384 e. The fraction of sp³-hybridized carbons (Fsp3) is 0.176. The van der Waals surface area contributed by atoms with Crippen LogP contribution in [-0.4, -0.2) is 9.67 Å². The summed E-state index contributed by atoms with van der Waals surface area (Å²) >= 11 is 3.59. The average molecular weight is 330 g/mol. The van der Waals surface area contributed by atoms with E-state index in [-0.39, 0.29) is 0 Å². The number of aliphatic hydroxyl groups is 1. The smallest absolute Gasteiger partial charge is 0.0993 e. The zero-order chi connectivity index (χ0) is 14.3. The van der Waals surface area contributed by atoms with Gasteiger partial charge >= 0.3 is 0 Å². The summed E-state index contributed by atoms with van der Waals surface area (Å²) in [6.07, 6.45) is 0. The summed E-state index contributed by atoms with van der Waals surface area (Å²) in [7, 11) is 0. The Morgan fingerprint density at radius 2 is 1.70 bits per heavy atom. The van der Waals surface area contributed by atoms with Gasteiger partial charge in [-0.2, -0.15) is 0 Å². The number of hydrogen-bond acceptors (Lipinski definition) is 1. The fourth-order valence-corrected chi connectivity index (χ4v) is 2.97. The molecule has 0 aliphatic carbocycles. The van der Waals surface area contributed by atoms with Gasteiger partial charge in [-0.05, 0) is 44.2 Å². The van der Waals surface area contributed by atoms with Crippen molar-refractivity contribution in [1.82, 2.24) is 4.57 Å². The highest BCUT2D eigenvalue weighted by Gasteiger charge is 2.24. The largest absolute Gasteiger partial charge is 0.384 e. The third kappa shape index (κ3) is 2.17. The van der Waals surface area contributed by atoms with Gasteiger partial charge in [-0.15, -0.1) is 0 Å². The van der Waals surface area contributed by atoms with Gasteiger partial charge < -0.3 is 9.67 Å². The Balaban J connectivity index is 2.42. The molecule has 0 radical (unpaired) electrons. The molecule has 0 atom stereocenters. The van der Waals surface area contributed by atoms with Crippen LogP contribution in [-0.2, 0) is 5.60 Å². The van der Waals surface area contributed by atoms with Gasteiger partial charge in [-0.25, -0.2) is 0 Å². The molecule has 20 heavy (non-hydrogen) atoms. The Bertz CT molecular complexity index is 754. The van der Waals surface area contributed by atoms with E-state index in [9.17, 15) is 5.11 Å². The van der Waals surface area contributed by atoms with Crippen LogP contribution in [0.3, 0.4) is 0 Å². The normalized spacial score (nSPS) is 12.0. The van der Waals surface area contributed by atoms with Crippen molar-refractivity contribution in [2.24, 2.45) is 0 Å². The number of hydrogen-bond donors (Lipinski definition) is 1. The first-order valence-corrected chi connectivity index (χ1v) is 7.36. The highest BCUT2D eigenvalue weighted by atomic mass is 79.9. The molecule has 0 unspecified atom stereocenters. The van der Waals surface area contributed by atoms with Crippen molar-refractivity contribution in [3.05, 3.63) is 64.8 Å². The number of aromatic nitrogens is 1. The molecule has 1 N–H and O–H groups in total. The molecule has 3 rings (SSSR count). The van der Waals surface area contributed by atoms with Gasteiger partial charge in [0, 0.05) is 15.5 Å². The SMILES string of the molecule is CC(C)(O)c1cc2c(Br)cccc2n1-c1ccccc1. The lowest BCUT2D eigenvalue weighted by atomic mass is 10.1. The van der Waals surface area contributed by atoms with Gasteiger partial charge in [0.05, 0.1) is 16.8 Å². The molecule has 1 aromatic heterocycles. The number of nitrogens with zero attached hydrogens (tertiary/aromatic N) is 1. The van der Waals surface area contributed by atoms with Gasteiger partial charge in [0.25, 0.3) is 0 Å². The van der Waals surface area contributed by atoms with Gasteiger partial charge in [0.2, 0.25) is 0 Å². The quantitative estimate of drug-likeness (QED) is 0.729. The van der Waals surface area contributed by atoms with Gasteiger partial charge in [-0.1, -0.05) is 40.2 Å². The third-order valence-corrected chi connectivity index (χ3v) is 4.13. The second-order valence-electron chi connectivity index (χ2n) is 5.43. The molecule has 0 aliphatic rings. The standard InChI is InChI=1S/C17H16BrNO/c1-17(2,20)16-11-13-14(18)9-6-10-15(13)19(16)12-7-4-3-5-8-12/h3-11,20H,1-2H3. The van der Waals surface area contributed by atoms with E-state index in [1.54, 1.807) is 0 Å². The lowest BCUT2D eigenvalue weighted by molar-refractivity contribution is 0.0725. The zero-order valence-electron chi connectivity index (χ0n) is 11.5. The highest BCUT2D eigenvalue weighted by Crippen LogP contribution is 2.34. The van der Waals surface area contributed by atoms with E-state index < -0.39 is 5.60 Å². The van der Waals surface area contributed by atoms with Crippen molar-refractivity contribution in [2.45, 2.75) is 19.4 Å². The summed E-state index contributed by atoms with van der Waals surface area (Å²) in [5, 5.41) is 11.6. The first-order valence-electron chi connectivity index (χ1n) is 6.57. The van der Waals surface area contributed by atoms with E-state index in [4.69, 9.17) is 0 Å². The minimum atomic E-state index is -0.908. The summed E-state index contributed by atoms with van der Waals surface area (Å²) in [5.74, 6) is 0. The van der Waals surface area contributed by atoms with Crippen LogP contribution in [0.1, 0.15) is 19.5 Å². The summed E-state index contributed by atoms with van der Waals surface area (Å²) in [6.45, 7) is 3.63. The second-order valence-corrected chi connectivity index (χ2v) is 6.29. The van der Waals surface area contributed by atoms with Gasteiger partial charge in [0.15, 0.2) is 0 Å². The van der Waals surface area contributed by atoms with E-state index in [2.05, 4.69) is 38.7 Å². The molecular weight excluding hydrogens is 314 g/mol. The number of halogens is 1. The van der Waals surface area contributed by atoms with Crippen molar-refractivity contribution >= 4 is 26.8 Å². The third-order valence-electron chi connectivity index (χ3n) is 3.43. The summed E-state index contributed by atoms with van der Waals surface area (Å²) in [5.41, 5.74) is 2.11. The topological polar surface area (TPSA) is 25.2 Å². The van der Waals surface area contributed by atoms with Gasteiger partial charge in [0.1, 0.15) is 0 Å². The molecule has 1 heterocycles. The van der Waals surface area contributed by atoms with E-state index in [0.29, 0.717) is 0 Å². The molecule has 2 aromatic carbocycles. The number of para-hydroxylation sites is 1. The fourth-order valence-electron chi connectivity index (χ4n) is 2.50. The molecular formula is C17H16BrNO. The van der Waals surface area contributed by atoms with Crippen LogP contribution in [0.25, 0.3) is 16.6 Å². The van der Waals surface area contributed by atoms with E-state index in [1.807, 2.05) is 50.2 Å². The Hall–Kier alpha value is -1.58. The summed E-state index contributed by atoms with van der Waals surface area (Å²) in [6, 6.07) is 18.3. The zero-order valence-corrected chi connectivity index (χ0v) is 13.1. The van der Waals surface area contributed by atoms with Crippen molar-refractivity contribution in [3.63, 3.8) is 0 Å². The van der Waals surface area contributed by atoms with Crippen LogP contribution in [0.5, 0.6) is 0 Å². The second kappa shape index (κ2) is 4.76. The lowest BCUT2D eigenvalue weighted by Crippen LogP contribution is -2.20. The van der Waals surface area contributed by atoms with Crippen LogP contribution < -0.4 is 0 Å². The lowest BCUT2D eigenvalue weighted by Gasteiger charge is -2.21. The molecule has 0 spiro atoms. The molecule has 0 saturated heterocycles. The van der Waals surface area contributed by atoms with Crippen molar-refractivity contribution < 1.29 is 5.11 Å². The molecule has 0 aliphatic heterocycles. The molecule has 0 bridgehead atoms. The number of rotatable bonds is 2. The molecule has 102 valence electrons. The summed E-state index contributed by atoms with van der Waals surface area (Å²) < 4.78 is 3.15. The van der Waals surface area contributed by atoms with Crippen LogP contribution in [0.2, 0.25) is 0 Å². The van der Waals surface area contributed by atoms with Crippen molar-refractivity contribution in [3.8, 4) is 5.69 Å². The van der Waals surface area contributed by atoms with Crippen LogP contribution >= 0.6 is 15.9 Å². The van der Waals surface area contributed by atoms with Gasteiger partial charge in [-0.3, -0.25) is 0 Å². The monoisotopic (exact) mass is 329 g/mol. The maximum atomic E-state index is 10.5. The van der Waals surface area contributed by atoms with E-state index >= 15 is 0 Å². The molecule has 0 saturated carbocycles. The van der Waals surface area contributed by atoms with Crippen LogP contribution in [0, 0.1) is 0 Å². The first kappa shape index (κ1) is 13.4. The highest BCUT2D eigenvalue weighted by molar-refractivity contribution is 9.10. The maximum Gasteiger partial charge on any atom is 0.0993 e. The Kier molecular flexibility index (Phi) is 3.19. The van der Waals surface area contributed by atoms with E-state index in [0.717, 1.165) is 26.8 Å². The Labute approximate surface area is 126 Å². The minimum absolute atomic E-state index is 0.880. The number of benzene rings is 2. The predicted molar refractivity (Wildman–Crippen MR) is 86.2 cm³/mol. The van der Waals surface area contributed by atoms with E-state index in [1.165, 1.54) is 0 Å². The molecule has 0 fully saturated rings. The number of fused-ring (bicyclic) bond motifs is 1. The van der Waals surface area contributed by atoms with Crippen LogP contribution in [0.4, 0.5) is 0 Å². The Morgan fingerprint density at radius 1 is 1.00 bits per heavy atom. The molecule has 2 nitrogen and oxygen atoms in total. The Morgan fingerprint density at radius 3 is 2.35 bits per heavy atom. The summed E-state index contributed by atoms with van der Waals surface area (Å²) in [4.78, 5) is 0.